The molecule has 21 heavy (non-hydrogen) atoms. The second-order valence-corrected chi connectivity index (χ2v) is 6.19. The van der Waals surface area contributed by atoms with Crippen LogP contribution < -0.4 is 0 Å². The Kier molecular flexibility index (Phi) is 8.20. The SMILES string of the molecule is C#CCC(C(C)C)N(Cl)C(C)CC/C=C/c1ccccc1. The fourth-order valence-electron chi connectivity index (χ4n) is 2.30. The van der Waals surface area contributed by atoms with Crippen LogP contribution in [0.5, 0.6) is 0 Å². The van der Waals surface area contributed by atoms with Crippen molar-refractivity contribution in [1.29, 1.82) is 0 Å². The molecule has 0 saturated carbocycles. The van der Waals surface area contributed by atoms with Crippen molar-refractivity contribution >= 4 is 17.9 Å². The van der Waals surface area contributed by atoms with E-state index in [9.17, 15) is 0 Å². The molecule has 0 amide bonds. The number of nitrogens with zero attached hydrogens (tertiary/aromatic N) is 1. The van der Waals surface area contributed by atoms with Gasteiger partial charge >= 0.3 is 0 Å². The van der Waals surface area contributed by atoms with Crippen LogP contribution in [0.1, 0.15) is 45.6 Å². The van der Waals surface area contributed by atoms with Crippen molar-refractivity contribution in [3.63, 3.8) is 0 Å². The topological polar surface area (TPSA) is 3.24 Å². The summed E-state index contributed by atoms with van der Waals surface area (Å²) in [6, 6.07) is 10.9. The van der Waals surface area contributed by atoms with Crippen LogP contribution in [0.3, 0.4) is 0 Å². The lowest BCUT2D eigenvalue weighted by Gasteiger charge is -2.32. The van der Waals surface area contributed by atoms with Gasteiger partial charge in [-0.3, -0.25) is 0 Å². The summed E-state index contributed by atoms with van der Waals surface area (Å²) in [5, 5.41) is 0. The Hall–Kier alpha value is -1.23. The molecule has 1 rings (SSSR count). The predicted molar refractivity (Wildman–Crippen MR) is 93.9 cm³/mol. The summed E-state index contributed by atoms with van der Waals surface area (Å²) in [5.41, 5.74) is 1.24. The number of rotatable bonds is 8. The van der Waals surface area contributed by atoms with E-state index in [-0.39, 0.29) is 6.04 Å². The Bertz CT molecular complexity index is 458. The fourth-order valence-corrected chi connectivity index (χ4v) is 2.69. The maximum atomic E-state index is 6.48. The van der Waals surface area contributed by atoms with Crippen molar-refractivity contribution in [1.82, 2.24) is 4.42 Å². The summed E-state index contributed by atoms with van der Waals surface area (Å²) in [5.74, 6) is 3.19. The van der Waals surface area contributed by atoms with E-state index in [4.69, 9.17) is 18.2 Å². The molecule has 0 heterocycles. The number of terminal acetylenes is 1. The van der Waals surface area contributed by atoms with Gasteiger partial charge in [0.25, 0.3) is 0 Å². The zero-order chi connectivity index (χ0) is 15.7. The quantitative estimate of drug-likeness (QED) is 0.461. The Balaban J connectivity index is 2.44. The van der Waals surface area contributed by atoms with Crippen LogP contribution in [-0.4, -0.2) is 16.5 Å². The van der Waals surface area contributed by atoms with Crippen LogP contribution in [0.4, 0.5) is 0 Å². The number of allylic oxidation sites excluding steroid dienone is 1. The van der Waals surface area contributed by atoms with Gasteiger partial charge in [-0.2, -0.15) is 0 Å². The van der Waals surface area contributed by atoms with Crippen LogP contribution in [0.25, 0.3) is 6.08 Å². The van der Waals surface area contributed by atoms with Crippen molar-refractivity contribution in [2.45, 2.75) is 52.1 Å². The molecule has 0 aliphatic rings. The molecule has 1 aromatic carbocycles. The molecule has 2 unspecified atom stereocenters. The van der Waals surface area contributed by atoms with E-state index >= 15 is 0 Å². The second-order valence-electron chi connectivity index (χ2n) is 5.80. The van der Waals surface area contributed by atoms with E-state index < -0.39 is 0 Å². The van der Waals surface area contributed by atoms with Gasteiger partial charge < -0.3 is 0 Å². The summed E-state index contributed by atoms with van der Waals surface area (Å²) in [4.78, 5) is 0. The van der Waals surface area contributed by atoms with Crippen molar-refractivity contribution in [3.05, 3.63) is 42.0 Å². The first-order valence-electron chi connectivity index (χ1n) is 7.65. The molecule has 2 atom stereocenters. The van der Waals surface area contributed by atoms with Crippen molar-refractivity contribution < 1.29 is 0 Å². The smallest absolute Gasteiger partial charge is 0.0386 e. The standard InChI is InChI=1S/C19H26ClN/c1-5-11-19(16(2)3)21(20)17(4)12-9-10-15-18-13-7-6-8-14-18/h1,6-8,10,13-17,19H,9,11-12H2,2-4H3/b15-10+. The summed E-state index contributed by atoms with van der Waals surface area (Å²) in [6.45, 7) is 6.49. The molecular weight excluding hydrogens is 278 g/mol. The van der Waals surface area contributed by atoms with Crippen LogP contribution >= 0.6 is 11.8 Å². The zero-order valence-electron chi connectivity index (χ0n) is 13.3. The zero-order valence-corrected chi connectivity index (χ0v) is 14.1. The molecule has 0 aliphatic heterocycles. The molecular formula is C19H26ClN. The van der Waals surface area contributed by atoms with Gasteiger partial charge in [0.2, 0.25) is 0 Å². The molecule has 0 fully saturated rings. The minimum absolute atomic E-state index is 0.241. The maximum Gasteiger partial charge on any atom is 0.0386 e. The lowest BCUT2D eigenvalue weighted by Crippen LogP contribution is -2.37. The lowest BCUT2D eigenvalue weighted by atomic mass is 9.99. The Morgan fingerprint density at radius 3 is 2.48 bits per heavy atom. The molecule has 0 aliphatic carbocycles. The summed E-state index contributed by atoms with van der Waals surface area (Å²) < 4.78 is 1.92. The maximum absolute atomic E-state index is 6.48. The van der Waals surface area contributed by atoms with Crippen molar-refractivity contribution in [2.75, 3.05) is 0 Å². The van der Waals surface area contributed by atoms with E-state index in [0.717, 1.165) is 12.8 Å². The molecule has 0 spiro atoms. The normalized spacial score (nSPS) is 14.5. The minimum atomic E-state index is 0.241. The van der Waals surface area contributed by atoms with Crippen LogP contribution in [0.2, 0.25) is 0 Å². The molecule has 1 aromatic rings. The third-order valence-corrected chi connectivity index (χ3v) is 4.28. The summed E-state index contributed by atoms with van der Waals surface area (Å²) >= 11 is 6.48. The first-order chi connectivity index (χ1) is 10.1. The molecule has 2 heteroatoms. The third-order valence-electron chi connectivity index (χ3n) is 3.70. The number of benzene rings is 1. The Morgan fingerprint density at radius 2 is 1.90 bits per heavy atom. The first-order valence-corrected chi connectivity index (χ1v) is 7.99. The first kappa shape index (κ1) is 17.8. The molecule has 0 aromatic heterocycles. The summed E-state index contributed by atoms with van der Waals surface area (Å²) in [7, 11) is 0. The van der Waals surface area contributed by atoms with Gasteiger partial charge in [0, 0.05) is 18.5 Å². The largest absolute Gasteiger partial charge is 0.213 e. The van der Waals surface area contributed by atoms with E-state index in [2.05, 4.69) is 63.1 Å². The van der Waals surface area contributed by atoms with Gasteiger partial charge in [-0.1, -0.05) is 56.3 Å². The molecule has 0 N–H and O–H groups in total. The van der Waals surface area contributed by atoms with Crippen molar-refractivity contribution in [2.24, 2.45) is 5.92 Å². The van der Waals surface area contributed by atoms with Gasteiger partial charge in [-0.15, -0.1) is 12.3 Å². The monoisotopic (exact) mass is 303 g/mol. The minimum Gasteiger partial charge on any atom is -0.213 e. The van der Waals surface area contributed by atoms with E-state index in [1.807, 2.05) is 10.5 Å². The average molecular weight is 304 g/mol. The number of hydrogen-bond acceptors (Lipinski definition) is 1. The highest BCUT2D eigenvalue weighted by atomic mass is 35.5. The molecule has 0 bridgehead atoms. The number of halogens is 1. The predicted octanol–water partition coefficient (Wildman–Crippen LogP) is 5.37. The second kappa shape index (κ2) is 9.66. The Morgan fingerprint density at radius 1 is 1.24 bits per heavy atom. The van der Waals surface area contributed by atoms with E-state index in [1.54, 1.807) is 0 Å². The van der Waals surface area contributed by atoms with Gasteiger partial charge in [0.15, 0.2) is 0 Å². The third kappa shape index (κ3) is 6.38. The van der Waals surface area contributed by atoms with E-state index in [0.29, 0.717) is 18.4 Å². The Labute approximate surface area is 135 Å². The van der Waals surface area contributed by atoms with E-state index in [1.165, 1.54) is 5.56 Å². The van der Waals surface area contributed by atoms with Crippen LogP contribution in [0.15, 0.2) is 36.4 Å². The molecule has 0 saturated heterocycles. The van der Waals surface area contributed by atoms with Gasteiger partial charge in [0.05, 0.1) is 0 Å². The fraction of sp³-hybridized carbons (Fsp3) is 0.474. The van der Waals surface area contributed by atoms with Crippen molar-refractivity contribution in [3.8, 4) is 12.3 Å². The highest BCUT2D eigenvalue weighted by molar-refractivity contribution is 6.13. The molecule has 0 radical (unpaired) electrons. The van der Waals surface area contributed by atoms with Crippen LogP contribution in [-0.2, 0) is 0 Å². The van der Waals surface area contributed by atoms with Gasteiger partial charge in [-0.05, 0) is 43.0 Å². The highest BCUT2D eigenvalue weighted by Crippen LogP contribution is 2.22. The number of hydrogen-bond donors (Lipinski definition) is 0. The van der Waals surface area contributed by atoms with Crippen LogP contribution in [0, 0.1) is 18.3 Å². The van der Waals surface area contributed by atoms with Gasteiger partial charge in [-0.25, -0.2) is 4.42 Å². The average Bonchev–Trinajstić information content (AvgIpc) is 2.49. The molecule has 114 valence electrons. The lowest BCUT2D eigenvalue weighted by molar-refractivity contribution is 0.217. The highest BCUT2D eigenvalue weighted by Gasteiger charge is 2.23. The van der Waals surface area contributed by atoms with Gasteiger partial charge in [0.1, 0.15) is 0 Å². The summed E-state index contributed by atoms with van der Waals surface area (Å²) in [6.07, 6.45) is 12.6. The molecule has 1 nitrogen and oxygen atoms in total.